The Morgan fingerprint density at radius 3 is 2.21 bits per heavy atom. The van der Waals surface area contributed by atoms with E-state index in [4.69, 9.17) is 10.7 Å². The van der Waals surface area contributed by atoms with Crippen LogP contribution in [0.4, 0.5) is 0 Å². The number of nitrogens with zero attached hydrogens (tertiary/aromatic N) is 2. The zero-order valence-electron chi connectivity index (χ0n) is 12.3. The van der Waals surface area contributed by atoms with Crippen LogP contribution in [-0.4, -0.2) is 55.7 Å². The molecule has 0 atom stereocenters. The first-order valence-corrected chi connectivity index (χ1v) is 7.96. The standard InChI is InChI=1S/C15H29N3O/c1-17-6-2-15(3-7-17)4-8-18(9-5-15)12-13-10-14(11-13)19-16/h13-14H,2-12,16H2,1H3. The maximum Gasteiger partial charge on any atom is 0.0793 e. The number of rotatable bonds is 3. The third-order valence-electron chi connectivity index (χ3n) is 5.87. The van der Waals surface area contributed by atoms with Crippen molar-refractivity contribution in [3.8, 4) is 0 Å². The molecule has 0 unspecified atom stereocenters. The van der Waals surface area contributed by atoms with Crippen LogP contribution in [0.2, 0.25) is 0 Å². The Hall–Kier alpha value is -0.160. The Balaban J connectivity index is 1.40. The van der Waals surface area contributed by atoms with Gasteiger partial charge < -0.3 is 14.6 Å². The van der Waals surface area contributed by atoms with E-state index < -0.39 is 0 Å². The first-order chi connectivity index (χ1) is 9.19. The summed E-state index contributed by atoms with van der Waals surface area (Å²) in [6.45, 7) is 6.51. The molecule has 2 N–H and O–H groups in total. The van der Waals surface area contributed by atoms with Crippen LogP contribution in [0.5, 0.6) is 0 Å². The second-order valence-electron chi connectivity index (χ2n) is 7.20. The van der Waals surface area contributed by atoms with Crippen LogP contribution in [0, 0.1) is 11.3 Å². The summed E-state index contributed by atoms with van der Waals surface area (Å²) in [7, 11) is 2.26. The molecular formula is C15H29N3O. The van der Waals surface area contributed by atoms with Crippen molar-refractivity contribution in [2.75, 3.05) is 39.8 Å². The van der Waals surface area contributed by atoms with Crippen LogP contribution in [0.25, 0.3) is 0 Å². The van der Waals surface area contributed by atoms with Crippen molar-refractivity contribution in [2.24, 2.45) is 17.2 Å². The van der Waals surface area contributed by atoms with Gasteiger partial charge in [0.1, 0.15) is 0 Å². The average molecular weight is 267 g/mol. The van der Waals surface area contributed by atoms with Gasteiger partial charge in [-0.15, -0.1) is 0 Å². The molecule has 3 aliphatic rings. The van der Waals surface area contributed by atoms with Gasteiger partial charge in [-0.25, -0.2) is 5.90 Å². The van der Waals surface area contributed by atoms with Crippen LogP contribution in [0.1, 0.15) is 38.5 Å². The fourth-order valence-corrected chi connectivity index (χ4v) is 4.10. The molecule has 1 aliphatic carbocycles. The summed E-state index contributed by atoms with van der Waals surface area (Å²) in [5, 5.41) is 0. The molecule has 3 rings (SSSR count). The third-order valence-corrected chi connectivity index (χ3v) is 5.87. The van der Waals surface area contributed by atoms with Gasteiger partial charge in [-0.2, -0.15) is 0 Å². The number of nitrogens with two attached hydrogens (primary N) is 1. The van der Waals surface area contributed by atoms with Gasteiger partial charge in [0, 0.05) is 6.54 Å². The molecule has 4 nitrogen and oxygen atoms in total. The molecule has 0 bridgehead atoms. The summed E-state index contributed by atoms with van der Waals surface area (Å²) < 4.78 is 0. The number of piperidine rings is 2. The van der Waals surface area contributed by atoms with Crippen LogP contribution in [-0.2, 0) is 4.84 Å². The molecule has 2 saturated heterocycles. The van der Waals surface area contributed by atoms with Gasteiger partial charge >= 0.3 is 0 Å². The second kappa shape index (κ2) is 5.68. The Labute approximate surface area is 117 Å². The molecule has 110 valence electrons. The maximum atomic E-state index is 5.22. The van der Waals surface area contributed by atoms with E-state index in [2.05, 4.69) is 16.8 Å². The van der Waals surface area contributed by atoms with Crippen LogP contribution >= 0.6 is 0 Å². The highest BCUT2D eigenvalue weighted by Crippen LogP contribution is 2.41. The van der Waals surface area contributed by atoms with Crippen LogP contribution in [0.15, 0.2) is 0 Å². The highest BCUT2D eigenvalue weighted by molar-refractivity contribution is 4.91. The lowest BCUT2D eigenvalue weighted by Gasteiger charge is -2.47. The Bertz CT molecular complexity index is 286. The van der Waals surface area contributed by atoms with E-state index in [0.717, 1.165) is 5.92 Å². The van der Waals surface area contributed by atoms with Crippen molar-refractivity contribution in [1.29, 1.82) is 0 Å². The lowest BCUT2D eigenvalue weighted by molar-refractivity contribution is -0.0473. The van der Waals surface area contributed by atoms with E-state index in [9.17, 15) is 0 Å². The molecule has 4 heteroatoms. The Kier molecular flexibility index (Phi) is 4.13. The fourth-order valence-electron chi connectivity index (χ4n) is 4.10. The minimum atomic E-state index is 0.343. The molecule has 3 fully saturated rings. The molecule has 0 aromatic carbocycles. The molecule has 2 heterocycles. The lowest BCUT2D eigenvalue weighted by atomic mass is 9.71. The van der Waals surface area contributed by atoms with E-state index >= 15 is 0 Å². The van der Waals surface area contributed by atoms with Gasteiger partial charge in [0.05, 0.1) is 6.10 Å². The first kappa shape index (κ1) is 13.8. The van der Waals surface area contributed by atoms with Crippen molar-refractivity contribution in [3.63, 3.8) is 0 Å². The van der Waals surface area contributed by atoms with Crippen LogP contribution < -0.4 is 5.90 Å². The zero-order valence-corrected chi connectivity index (χ0v) is 12.3. The molecule has 0 aromatic rings. The minimum absolute atomic E-state index is 0.343. The molecule has 2 aliphatic heterocycles. The molecule has 1 spiro atoms. The van der Waals surface area contributed by atoms with Crippen molar-refractivity contribution >= 4 is 0 Å². The molecule has 0 radical (unpaired) electrons. The van der Waals surface area contributed by atoms with Gasteiger partial charge in [0.15, 0.2) is 0 Å². The maximum absolute atomic E-state index is 5.22. The molecule has 1 saturated carbocycles. The lowest BCUT2D eigenvalue weighted by Crippen LogP contribution is -2.48. The normalized spacial score (nSPS) is 36.3. The van der Waals surface area contributed by atoms with E-state index in [1.54, 1.807) is 0 Å². The van der Waals surface area contributed by atoms with Crippen molar-refractivity contribution in [2.45, 2.75) is 44.6 Å². The first-order valence-electron chi connectivity index (χ1n) is 7.96. The Morgan fingerprint density at radius 2 is 1.63 bits per heavy atom. The summed E-state index contributed by atoms with van der Waals surface area (Å²) >= 11 is 0. The largest absolute Gasteiger partial charge is 0.306 e. The minimum Gasteiger partial charge on any atom is -0.306 e. The van der Waals surface area contributed by atoms with Crippen molar-refractivity contribution in [1.82, 2.24) is 9.80 Å². The molecule has 19 heavy (non-hydrogen) atoms. The quantitative estimate of drug-likeness (QED) is 0.786. The fraction of sp³-hybridized carbons (Fsp3) is 1.00. The average Bonchev–Trinajstić information content (AvgIpc) is 2.39. The summed E-state index contributed by atoms with van der Waals surface area (Å²) in [5.41, 5.74) is 0.686. The van der Waals surface area contributed by atoms with E-state index in [-0.39, 0.29) is 0 Å². The monoisotopic (exact) mass is 267 g/mol. The summed E-state index contributed by atoms with van der Waals surface area (Å²) in [6.07, 6.45) is 8.36. The van der Waals surface area contributed by atoms with E-state index in [1.165, 1.54) is 71.2 Å². The SMILES string of the molecule is CN1CCC2(CC1)CCN(CC1CC(ON)C1)CC2. The smallest absolute Gasteiger partial charge is 0.0793 e. The predicted molar refractivity (Wildman–Crippen MR) is 76.6 cm³/mol. The molecule has 0 aromatic heterocycles. The highest BCUT2D eigenvalue weighted by Gasteiger charge is 2.38. The highest BCUT2D eigenvalue weighted by atomic mass is 16.6. The van der Waals surface area contributed by atoms with E-state index in [1.807, 2.05) is 0 Å². The van der Waals surface area contributed by atoms with Gasteiger partial charge in [0.2, 0.25) is 0 Å². The second-order valence-corrected chi connectivity index (χ2v) is 7.20. The van der Waals surface area contributed by atoms with Gasteiger partial charge in [-0.05, 0) is 83.1 Å². The van der Waals surface area contributed by atoms with E-state index in [0.29, 0.717) is 11.5 Å². The molecule has 0 amide bonds. The topological polar surface area (TPSA) is 41.7 Å². The van der Waals surface area contributed by atoms with Crippen molar-refractivity contribution < 1.29 is 4.84 Å². The number of hydrogen-bond acceptors (Lipinski definition) is 4. The summed E-state index contributed by atoms with van der Waals surface area (Å²) in [6, 6.07) is 0. The Morgan fingerprint density at radius 1 is 1.05 bits per heavy atom. The van der Waals surface area contributed by atoms with Gasteiger partial charge in [-0.1, -0.05) is 0 Å². The zero-order chi connectivity index (χ0) is 13.3. The van der Waals surface area contributed by atoms with Gasteiger partial charge in [0.25, 0.3) is 0 Å². The van der Waals surface area contributed by atoms with Crippen LogP contribution in [0.3, 0.4) is 0 Å². The number of likely N-dealkylation sites (tertiary alicyclic amines) is 2. The predicted octanol–water partition coefficient (Wildman–Crippen LogP) is 1.46. The van der Waals surface area contributed by atoms with Crippen molar-refractivity contribution in [3.05, 3.63) is 0 Å². The third kappa shape index (κ3) is 3.13. The summed E-state index contributed by atoms with van der Waals surface area (Å²) in [5.74, 6) is 6.05. The van der Waals surface area contributed by atoms with Gasteiger partial charge in [-0.3, -0.25) is 0 Å². The summed E-state index contributed by atoms with van der Waals surface area (Å²) in [4.78, 5) is 10.0. The molecular weight excluding hydrogens is 238 g/mol. The number of hydrogen-bond donors (Lipinski definition) is 1.